The predicted molar refractivity (Wildman–Crippen MR) is 99.1 cm³/mol. The molecule has 1 heterocycles. The summed E-state index contributed by atoms with van der Waals surface area (Å²) < 4.78 is 0. The zero-order chi connectivity index (χ0) is 18.5. The van der Waals surface area contributed by atoms with Crippen LogP contribution in [0, 0.1) is 18.3 Å². The molecule has 0 aliphatic carbocycles. The SMILES string of the molecule is Cc1ccc(C(=O)N2CCNCC2)cc1NC(=O)c1cccc(C#N)c1. The van der Waals surface area contributed by atoms with Gasteiger partial charge in [0.25, 0.3) is 11.8 Å². The van der Waals surface area contributed by atoms with Gasteiger partial charge in [-0.1, -0.05) is 12.1 Å². The summed E-state index contributed by atoms with van der Waals surface area (Å²) in [4.78, 5) is 27.0. The molecule has 0 atom stereocenters. The third-order valence-electron chi connectivity index (χ3n) is 4.39. The Kier molecular flexibility index (Phi) is 5.30. The summed E-state index contributed by atoms with van der Waals surface area (Å²) in [6, 6.07) is 13.9. The number of carbonyl (C=O) groups excluding carboxylic acids is 2. The van der Waals surface area contributed by atoms with Crippen molar-refractivity contribution < 1.29 is 9.59 Å². The summed E-state index contributed by atoms with van der Waals surface area (Å²) in [6.07, 6.45) is 0. The summed E-state index contributed by atoms with van der Waals surface area (Å²) in [5.74, 6) is -0.342. The van der Waals surface area contributed by atoms with Crippen LogP contribution in [0.25, 0.3) is 0 Å². The van der Waals surface area contributed by atoms with Crippen molar-refractivity contribution >= 4 is 17.5 Å². The molecule has 132 valence electrons. The third-order valence-corrected chi connectivity index (χ3v) is 4.39. The number of amides is 2. The van der Waals surface area contributed by atoms with Gasteiger partial charge in [-0.3, -0.25) is 9.59 Å². The van der Waals surface area contributed by atoms with Crippen molar-refractivity contribution in [3.63, 3.8) is 0 Å². The van der Waals surface area contributed by atoms with E-state index in [0.29, 0.717) is 35.5 Å². The maximum absolute atomic E-state index is 12.7. The molecule has 2 aromatic carbocycles. The van der Waals surface area contributed by atoms with Crippen molar-refractivity contribution in [3.8, 4) is 6.07 Å². The van der Waals surface area contributed by atoms with Crippen LogP contribution in [-0.4, -0.2) is 42.9 Å². The fourth-order valence-electron chi connectivity index (χ4n) is 2.86. The van der Waals surface area contributed by atoms with Crippen LogP contribution in [0.2, 0.25) is 0 Å². The zero-order valence-electron chi connectivity index (χ0n) is 14.6. The highest BCUT2D eigenvalue weighted by atomic mass is 16.2. The quantitative estimate of drug-likeness (QED) is 0.890. The Hall–Kier alpha value is -3.17. The first-order valence-electron chi connectivity index (χ1n) is 8.50. The maximum atomic E-state index is 12.7. The van der Waals surface area contributed by atoms with Crippen LogP contribution in [0.5, 0.6) is 0 Å². The second kappa shape index (κ2) is 7.81. The van der Waals surface area contributed by atoms with Gasteiger partial charge in [-0.05, 0) is 42.8 Å². The molecule has 6 heteroatoms. The zero-order valence-corrected chi connectivity index (χ0v) is 14.6. The lowest BCUT2D eigenvalue weighted by Gasteiger charge is -2.27. The van der Waals surface area contributed by atoms with Gasteiger partial charge in [-0.15, -0.1) is 0 Å². The van der Waals surface area contributed by atoms with E-state index in [4.69, 9.17) is 5.26 Å². The predicted octanol–water partition coefficient (Wildman–Crippen LogP) is 2.16. The lowest BCUT2D eigenvalue weighted by Crippen LogP contribution is -2.46. The standard InChI is InChI=1S/C20H20N4O2/c1-14-5-6-17(20(26)24-9-7-22-8-10-24)12-18(14)23-19(25)16-4-2-3-15(11-16)13-21/h2-6,11-12,22H,7-10H2,1H3,(H,23,25). The highest BCUT2D eigenvalue weighted by molar-refractivity contribution is 6.05. The van der Waals surface area contributed by atoms with Crippen molar-refractivity contribution in [2.75, 3.05) is 31.5 Å². The van der Waals surface area contributed by atoms with Gasteiger partial charge < -0.3 is 15.5 Å². The molecule has 2 N–H and O–H groups in total. The highest BCUT2D eigenvalue weighted by Crippen LogP contribution is 2.19. The molecule has 2 amide bonds. The average molecular weight is 348 g/mol. The van der Waals surface area contributed by atoms with Crippen molar-refractivity contribution in [1.82, 2.24) is 10.2 Å². The van der Waals surface area contributed by atoms with Gasteiger partial charge >= 0.3 is 0 Å². The van der Waals surface area contributed by atoms with E-state index in [1.165, 1.54) is 0 Å². The van der Waals surface area contributed by atoms with E-state index in [1.807, 2.05) is 24.0 Å². The van der Waals surface area contributed by atoms with E-state index in [1.54, 1.807) is 36.4 Å². The number of anilines is 1. The molecule has 0 aromatic heterocycles. The lowest BCUT2D eigenvalue weighted by atomic mass is 10.1. The number of nitriles is 1. The number of nitrogens with zero attached hydrogens (tertiary/aromatic N) is 2. The van der Waals surface area contributed by atoms with E-state index < -0.39 is 0 Å². The van der Waals surface area contributed by atoms with Gasteiger partial charge in [0.2, 0.25) is 0 Å². The molecular weight excluding hydrogens is 328 g/mol. The molecule has 0 spiro atoms. The Morgan fingerprint density at radius 2 is 1.88 bits per heavy atom. The summed E-state index contributed by atoms with van der Waals surface area (Å²) in [5.41, 5.74) is 2.85. The number of hydrogen-bond donors (Lipinski definition) is 2. The molecule has 2 aromatic rings. The molecule has 0 bridgehead atoms. The average Bonchev–Trinajstić information content (AvgIpc) is 2.69. The van der Waals surface area contributed by atoms with Gasteiger partial charge in [-0.25, -0.2) is 0 Å². The minimum absolute atomic E-state index is 0.0338. The van der Waals surface area contributed by atoms with Crippen LogP contribution in [0.1, 0.15) is 31.8 Å². The van der Waals surface area contributed by atoms with Gasteiger partial charge in [0.05, 0.1) is 11.6 Å². The number of aryl methyl sites for hydroxylation is 1. The van der Waals surface area contributed by atoms with Crippen molar-refractivity contribution in [3.05, 3.63) is 64.7 Å². The van der Waals surface area contributed by atoms with Crippen LogP contribution < -0.4 is 10.6 Å². The van der Waals surface area contributed by atoms with Crippen LogP contribution in [0.4, 0.5) is 5.69 Å². The summed E-state index contributed by atoms with van der Waals surface area (Å²) in [7, 11) is 0. The van der Waals surface area contributed by atoms with E-state index in [-0.39, 0.29) is 11.8 Å². The first kappa shape index (κ1) is 17.6. The fraction of sp³-hybridized carbons (Fsp3) is 0.250. The van der Waals surface area contributed by atoms with Gasteiger partial charge in [0.15, 0.2) is 0 Å². The number of carbonyl (C=O) groups is 2. The molecule has 3 rings (SSSR count). The molecule has 1 saturated heterocycles. The Morgan fingerprint density at radius 1 is 1.12 bits per heavy atom. The molecule has 0 saturated carbocycles. The number of benzene rings is 2. The smallest absolute Gasteiger partial charge is 0.255 e. The molecule has 1 aliphatic rings. The minimum atomic E-state index is -0.308. The number of nitrogens with one attached hydrogen (secondary N) is 2. The third kappa shape index (κ3) is 3.90. The van der Waals surface area contributed by atoms with Gasteiger partial charge in [0, 0.05) is 43.0 Å². The summed E-state index contributed by atoms with van der Waals surface area (Å²) in [6.45, 7) is 4.80. The van der Waals surface area contributed by atoms with E-state index >= 15 is 0 Å². The Morgan fingerprint density at radius 3 is 2.62 bits per heavy atom. The van der Waals surface area contributed by atoms with Crippen LogP contribution in [-0.2, 0) is 0 Å². The minimum Gasteiger partial charge on any atom is -0.336 e. The second-order valence-corrected chi connectivity index (χ2v) is 6.22. The molecule has 0 unspecified atom stereocenters. The summed E-state index contributed by atoms with van der Waals surface area (Å²) >= 11 is 0. The monoisotopic (exact) mass is 348 g/mol. The second-order valence-electron chi connectivity index (χ2n) is 6.22. The normalized spacial score (nSPS) is 13.8. The fourth-order valence-corrected chi connectivity index (χ4v) is 2.86. The first-order chi connectivity index (χ1) is 12.6. The molecule has 6 nitrogen and oxygen atoms in total. The molecule has 26 heavy (non-hydrogen) atoms. The van der Waals surface area contributed by atoms with E-state index in [0.717, 1.165) is 18.7 Å². The number of piperazine rings is 1. The maximum Gasteiger partial charge on any atom is 0.255 e. The number of rotatable bonds is 3. The van der Waals surface area contributed by atoms with Crippen molar-refractivity contribution in [2.45, 2.75) is 6.92 Å². The molecule has 0 radical (unpaired) electrons. The largest absolute Gasteiger partial charge is 0.336 e. The Balaban J connectivity index is 1.80. The number of hydrogen-bond acceptors (Lipinski definition) is 4. The first-order valence-corrected chi connectivity index (χ1v) is 8.50. The van der Waals surface area contributed by atoms with Crippen LogP contribution in [0.15, 0.2) is 42.5 Å². The van der Waals surface area contributed by atoms with Crippen LogP contribution in [0.3, 0.4) is 0 Å². The van der Waals surface area contributed by atoms with Crippen molar-refractivity contribution in [1.29, 1.82) is 5.26 Å². The van der Waals surface area contributed by atoms with E-state index in [2.05, 4.69) is 10.6 Å². The Labute approximate surface area is 152 Å². The van der Waals surface area contributed by atoms with Crippen LogP contribution >= 0.6 is 0 Å². The highest BCUT2D eigenvalue weighted by Gasteiger charge is 2.19. The van der Waals surface area contributed by atoms with E-state index in [9.17, 15) is 9.59 Å². The molecule has 1 fully saturated rings. The lowest BCUT2D eigenvalue weighted by molar-refractivity contribution is 0.0735. The summed E-state index contributed by atoms with van der Waals surface area (Å²) in [5, 5.41) is 15.0. The van der Waals surface area contributed by atoms with Gasteiger partial charge in [-0.2, -0.15) is 5.26 Å². The Bertz CT molecular complexity index is 880. The molecule has 1 aliphatic heterocycles. The van der Waals surface area contributed by atoms with Crippen molar-refractivity contribution in [2.24, 2.45) is 0 Å². The van der Waals surface area contributed by atoms with Gasteiger partial charge in [0.1, 0.15) is 0 Å². The molecular formula is C20H20N4O2. The topological polar surface area (TPSA) is 85.2 Å².